The SMILES string of the molecule is Cn1c(C(=O)N[C@H]2CCOc3cc(C(N)=O)ncc32)cc2ccc(Cl)cc21. The molecule has 3 heterocycles. The van der Waals surface area contributed by atoms with Gasteiger partial charge >= 0.3 is 0 Å². The van der Waals surface area contributed by atoms with Crippen LogP contribution >= 0.6 is 11.6 Å². The molecule has 0 radical (unpaired) electrons. The number of nitrogens with two attached hydrogens (primary N) is 1. The fourth-order valence-electron chi connectivity index (χ4n) is 3.31. The first-order valence-electron chi connectivity index (χ1n) is 8.42. The third kappa shape index (κ3) is 3.10. The quantitative estimate of drug-likeness (QED) is 0.724. The first kappa shape index (κ1) is 17.4. The maximum Gasteiger partial charge on any atom is 0.268 e. The molecule has 1 aromatic carbocycles. The highest BCUT2D eigenvalue weighted by Gasteiger charge is 2.26. The number of nitrogens with zero attached hydrogens (tertiary/aromatic N) is 2. The molecule has 1 atom stereocenters. The van der Waals surface area contributed by atoms with Crippen LogP contribution in [-0.4, -0.2) is 28.0 Å². The van der Waals surface area contributed by atoms with Crippen molar-refractivity contribution >= 4 is 34.3 Å². The summed E-state index contributed by atoms with van der Waals surface area (Å²) in [7, 11) is 1.83. The second-order valence-corrected chi connectivity index (χ2v) is 6.86. The van der Waals surface area contributed by atoms with Crippen molar-refractivity contribution in [2.45, 2.75) is 12.5 Å². The van der Waals surface area contributed by atoms with Crippen LogP contribution in [0.1, 0.15) is 39.0 Å². The zero-order chi connectivity index (χ0) is 19.1. The van der Waals surface area contributed by atoms with Crippen LogP contribution in [-0.2, 0) is 7.05 Å². The molecular weight excluding hydrogens is 368 g/mol. The Hall–Kier alpha value is -3.06. The first-order chi connectivity index (χ1) is 12.9. The molecule has 3 N–H and O–H groups in total. The molecule has 0 bridgehead atoms. The standard InChI is InChI=1S/C19H17ClN4O3/c1-24-15-7-11(20)3-2-10(15)6-16(24)19(26)23-13-4-5-27-17-8-14(18(21)25)22-9-12(13)17/h2-3,6-9,13H,4-5H2,1H3,(H2,21,25)(H,23,26)/t13-/m0/s1. The molecule has 1 aliphatic heterocycles. The van der Waals surface area contributed by atoms with Gasteiger partial charge in [-0.3, -0.25) is 14.6 Å². The van der Waals surface area contributed by atoms with Gasteiger partial charge in [0.05, 0.1) is 12.6 Å². The number of amides is 2. The minimum absolute atomic E-state index is 0.131. The molecule has 2 aromatic heterocycles. The van der Waals surface area contributed by atoms with Gasteiger partial charge < -0.3 is 20.4 Å². The Bertz CT molecular complexity index is 1080. The van der Waals surface area contributed by atoms with E-state index in [1.807, 2.05) is 29.8 Å². The summed E-state index contributed by atoms with van der Waals surface area (Å²) in [5.41, 5.74) is 7.53. The molecule has 0 unspecified atom stereocenters. The van der Waals surface area contributed by atoms with E-state index >= 15 is 0 Å². The van der Waals surface area contributed by atoms with Crippen molar-refractivity contribution in [3.63, 3.8) is 0 Å². The number of nitrogens with one attached hydrogen (secondary N) is 1. The van der Waals surface area contributed by atoms with E-state index in [0.717, 1.165) is 16.5 Å². The Labute approximate surface area is 160 Å². The van der Waals surface area contributed by atoms with Gasteiger partial charge in [0.15, 0.2) is 0 Å². The van der Waals surface area contributed by atoms with Crippen LogP contribution in [0.5, 0.6) is 5.75 Å². The number of pyridine rings is 1. The summed E-state index contributed by atoms with van der Waals surface area (Å²) in [5, 5.41) is 4.58. The number of ether oxygens (including phenoxy) is 1. The van der Waals surface area contributed by atoms with Crippen LogP contribution in [0.15, 0.2) is 36.5 Å². The number of rotatable bonds is 3. The molecule has 0 spiro atoms. The van der Waals surface area contributed by atoms with Gasteiger partial charge in [-0.15, -0.1) is 0 Å². The average molecular weight is 385 g/mol. The first-order valence-corrected chi connectivity index (χ1v) is 8.80. The van der Waals surface area contributed by atoms with Crippen molar-refractivity contribution in [2.24, 2.45) is 12.8 Å². The molecule has 4 rings (SSSR count). The fraction of sp³-hybridized carbons (Fsp3) is 0.211. The van der Waals surface area contributed by atoms with E-state index in [4.69, 9.17) is 22.1 Å². The summed E-state index contributed by atoms with van der Waals surface area (Å²) in [5.74, 6) is -0.317. The van der Waals surface area contributed by atoms with Crippen molar-refractivity contribution in [3.05, 3.63) is 58.5 Å². The largest absolute Gasteiger partial charge is 0.493 e. The van der Waals surface area contributed by atoms with Crippen LogP contribution in [0.4, 0.5) is 0 Å². The lowest BCUT2D eigenvalue weighted by atomic mass is 10.0. The van der Waals surface area contributed by atoms with Crippen LogP contribution in [0.3, 0.4) is 0 Å². The van der Waals surface area contributed by atoms with Crippen molar-refractivity contribution in [3.8, 4) is 5.75 Å². The molecule has 7 nitrogen and oxygen atoms in total. The molecule has 1 aliphatic rings. The van der Waals surface area contributed by atoms with Gasteiger partial charge in [0, 0.05) is 47.2 Å². The maximum atomic E-state index is 12.9. The summed E-state index contributed by atoms with van der Waals surface area (Å²) in [6.07, 6.45) is 2.13. The third-order valence-electron chi connectivity index (χ3n) is 4.73. The lowest BCUT2D eigenvalue weighted by Gasteiger charge is -2.26. The number of aryl methyl sites for hydroxylation is 1. The minimum Gasteiger partial charge on any atom is -0.493 e. The highest BCUT2D eigenvalue weighted by Crippen LogP contribution is 2.32. The number of halogens is 1. The number of hydrogen-bond donors (Lipinski definition) is 2. The monoisotopic (exact) mass is 384 g/mol. The second-order valence-electron chi connectivity index (χ2n) is 6.43. The van der Waals surface area contributed by atoms with Gasteiger partial charge in [0.1, 0.15) is 17.1 Å². The van der Waals surface area contributed by atoms with E-state index in [0.29, 0.717) is 29.5 Å². The number of hydrogen-bond acceptors (Lipinski definition) is 4. The molecule has 0 fully saturated rings. The lowest BCUT2D eigenvalue weighted by Crippen LogP contribution is -2.33. The number of carbonyl (C=O) groups excluding carboxylic acids is 2. The van der Waals surface area contributed by atoms with E-state index in [1.54, 1.807) is 6.07 Å². The Morgan fingerprint density at radius 3 is 2.93 bits per heavy atom. The van der Waals surface area contributed by atoms with Crippen LogP contribution < -0.4 is 15.8 Å². The van der Waals surface area contributed by atoms with E-state index in [1.165, 1.54) is 12.3 Å². The van der Waals surface area contributed by atoms with Gasteiger partial charge in [0.25, 0.3) is 11.8 Å². The number of aromatic nitrogens is 2. The van der Waals surface area contributed by atoms with E-state index in [9.17, 15) is 9.59 Å². The molecule has 0 saturated heterocycles. The zero-order valence-corrected chi connectivity index (χ0v) is 15.3. The number of primary amides is 1. The molecule has 8 heteroatoms. The number of fused-ring (bicyclic) bond motifs is 2. The summed E-state index contributed by atoms with van der Waals surface area (Å²) < 4.78 is 7.41. The van der Waals surface area contributed by atoms with Gasteiger partial charge in [0.2, 0.25) is 0 Å². The predicted octanol–water partition coefficient (Wildman–Crippen LogP) is 2.58. The molecule has 27 heavy (non-hydrogen) atoms. The van der Waals surface area contributed by atoms with Gasteiger partial charge in [-0.2, -0.15) is 0 Å². The number of carbonyl (C=O) groups is 2. The van der Waals surface area contributed by atoms with Crippen molar-refractivity contribution < 1.29 is 14.3 Å². The van der Waals surface area contributed by atoms with Crippen molar-refractivity contribution in [1.82, 2.24) is 14.9 Å². The van der Waals surface area contributed by atoms with Crippen LogP contribution in [0.25, 0.3) is 10.9 Å². The smallest absolute Gasteiger partial charge is 0.268 e. The van der Waals surface area contributed by atoms with E-state index in [2.05, 4.69) is 10.3 Å². The van der Waals surface area contributed by atoms with Crippen molar-refractivity contribution in [2.75, 3.05) is 6.61 Å². The zero-order valence-electron chi connectivity index (χ0n) is 14.5. The minimum atomic E-state index is -0.623. The summed E-state index contributed by atoms with van der Waals surface area (Å²) in [6.45, 7) is 0.422. The van der Waals surface area contributed by atoms with Crippen LogP contribution in [0.2, 0.25) is 5.02 Å². The van der Waals surface area contributed by atoms with Crippen molar-refractivity contribution in [1.29, 1.82) is 0 Å². The van der Waals surface area contributed by atoms with Gasteiger partial charge in [-0.25, -0.2) is 0 Å². The topological polar surface area (TPSA) is 99.2 Å². The van der Waals surface area contributed by atoms with Crippen LogP contribution in [0, 0.1) is 0 Å². The molecule has 0 saturated carbocycles. The summed E-state index contributed by atoms with van der Waals surface area (Å²) >= 11 is 6.06. The molecule has 3 aromatic rings. The predicted molar refractivity (Wildman–Crippen MR) is 101 cm³/mol. The van der Waals surface area contributed by atoms with Gasteiger partial charge in [-0.1, -0.05) is 17.7 Å². The fourth-order valence-corrected chi connectivity index (χ4v) is 3.48. The molecule has 2 amide bonds. The number of benzene rings is 1. The van der Waals surface area contributed by atoms with Gasteiger partial charge in [-0.05, 0) is 18.2 Å². The summed E-state index contributed by atoms with van der Waals surface area (Å²) in [4.78, 5) is 28.2. The Balaban J connectivity index is 1.63. The molecular formula is C19H17ClN4O3. The van der Waals surface area contributed by atoms with E-state index in [-0.39, 0.29) is 17.6 Å². The third-order valence-corrected chi connectivity index (χ3v) is 4.97. The lowest BCUT2D eigenvalue weighted by molar-refractivity contribution is 0.0914. The average Bonchev–Trinajstić information content (AvgIpc) is 2.98. The summed E-state index contributed by atoms with van der Waals surface area (Å²) in [6, 6.07) is 8.57. The maximum absolute atomic E-state index is 12.9. The Morgan fingerprint density at radius 2 is 2.15 bits per heavy atom. The highest BCUT2D eigenvalue weighted by molar-refractivity contribution is 6.31. The normalized spacial score (nSPS) is 15.9. The molecule has 138 valence electrons. The second kappa shape index (κ2) is 6.59. The molecule has 0 aliphatic carbocycles. The Morgan fingerprint density at radius 1 is 1.33 bits per heavy atom. The highest BCUT2D eigenvalue weighted by atomic mass is 35.5. The Kier molecular flexibility index (Phi) is 4.24. The van der Waals surface area contributed by atoms with E-state index < -0.39 is 5.91 Å².